The molecule has 4 nitrogen and oxygen atoms in total. The second kappa shape index (κ2) is 5.91. The molecule has 0 bridgehead atoms. The van der Waals surface area contributed by atoms with Crippen LogP contribution in [0.25, 0.3) is 0 Å². The Hall–Kier alpha value is -2.17. The van der Waals surface area contributed by atoms with E-state index in [0.717, 1.165) is 11.3 Å². The Bertz CT molecular complexity index is 671. The van der Waals surface area contributed by atoms with Gasteiger partial charge in [0.2, 0.25) is 0 Å². The third-order valence-corrected chi connectivity index (χ3v) is 4.09. The van der Waals surface area contributed by atoms with Crippen LogP contribution in [0.15, 0.2) is 54.6 Å². The summed E-state index contributed by atoms with van der Waals surface area (Å²) in [5.74, 6) is -0.294. The van der Waals surface area contributed by atoms with Gasteiger partial charge in [0.15, 0.2) is 5.60 Å². The molecule has 1 atom stereocenters. The van der Waals surface area contributed by atoms with E-state index in [9.17, 15) is 9.90 Å². The average molecular weight is 297 g/mol. The number of rotatable bonds is 5. The van der Waals surface area contributed by atoms with Crippen LogP contribution in [0.5, 0.6) is 0 Å². The van der Waals surface area contributed by atoms with Crippen molar-refractivity contribution in [3.8, 4) is 0 Å². The Morgan fingerprint density at radius 1 is 1.09 bits per heavy atom. The fourth-order valence-electron chi connectivity index (χ4n) is 2.84. The number of hydrogen-bond acceptors (Lipinski definition) is 3. The number of likely N-dealkylation sites (N-methyl/N-ethyl adjacent to an activating group) is 1. The lowest BCUT2D eigenvalue weighted by Crippen LogP contribution is -2.39. The van der Waals surface area contributed by atoms with E-state index in [-0.39, 0.29) is 12.3 Å². The van der Waals surface area contributed by atoms with Crippen LogP contribution >= 0.6 is 0 Å². The molecule has 0 fully saturated rings. The predicted octanol–water partition coefficient (Wildman–Crippen LogP) is 2.46. The topological polar surface area (TPSA) is 49.8 Å². The van der Waals surface area contributed by atoms with Crippen LogP contribution in [0, 0.1) is 0 Å². The lowest BCUT2D eigenvalue weighted by atomic mass is 9.92. The van der Waals surface area contributed by atoms with Gasteiger partial charge in [0.25, 0.3) is 5.91 Å². The van der Waals surface area contributed by atoms with Crippen LogP contribution in [-0.2, 0) is 21.7 Å². The van der Waals surface area contributed by atoms with Gasteiger partial charge in [-0.2, -0.15) is 0 Å². The second-order valence-electron chi connectivity index (χ2n) is 5.53. The number of fused-ring (bicyclic) bond motifs is 1. The Morgan fingerprint density at radius 3 is 2.55 bits per heavy atom. The molecule has 1 amide bonds. The lowest BCUT2D eigenvalue weighted by Gasteiger charge is -2.21. The zero-order valence-corrected chi connectivity index (χ0v) is 12.5. The molecule has 1 aliphatic heterocycles. The summed E-state index contributed by atoms with van der Waals surface area (Å²) in [6.07, 6.45) is 0.250. The normalized spacial score (nSPS) is 20.3. The highest BCUT2D eigenvalue weighted by molar-refractivity contribution is 6.06. The van der Waals surface area contributed by atoms with Crippen molar-refractivity contribution in [1.82, 2.24) is 0 Å². The zero-order valence-electron chi connectivity index (χ0n) is 12.5. The highest BCUT2D eigenvalue weighted by Crippen LogP contribution is 2.41. The molecule has 1 aliphatic rings. The third kappa shape index (κ3) is 2.51. The fraction of sp³-hybridized carbons (Fsp3) is 0.278. The van der Waals surface area contributed by atoms with Crippen LogP contribution in [0.4, 0.5) is 5.69 Å². The summed E-state index contributed by atoms with van der Waals surface area (Å²) in [5, 5.41) is 10.8. The highest BCUT2D eigenvalue weighted by Gasteiger charge is 2.47. The predicted molar refractivity (Wildman–Crippen MR) is 84.5 cm³/mol. The van der Waals surface area contributed by atoms with Gasteiger partial charge in [0, 0.05) is 19.0 Å². The summed E-state index contributed by atoms with van der Waals surface area (Å²) in [7, 11) is 1.68. The second-order valence-corrected chi connectivity index (χ2v) is 5.53. The quantitative estimate of drug-likeness (QED) is 0.863. The van der Waals surface area contributed by atoms with Gasteiger partial charge < -0.3 is 14.7 Å². The summed E-state index contributed by atoms with van der Waals surface area (Å²) in [5.41, 5.74) is 1.01. The smallest absolute Gasteiger partial charge is 0.263 e. The first-order chi connectivity index (χ1) is 10.6. The number of benzene rings is 2. The maximum Gasteiger partial charge on any atom is 0.263 e. The average Bonchev–Trinajstić information content (AvgIpc) is 2.75. The number of para-hydroxylation sites is 1. The molecule has 2 aromatic rings. The number of anilines is 1. The van der Waals surface area contributed by atoms with Gasteiger partial charge in [-0.25, -0.2) is 0 Å². The number of ether oxygens (including phenoxy) is 1. The van der Waals surface area contributed by atoms with E-state index >= 15 is 0 Å². The number of hydrogen-bond donors (Lipinski definition) is 1. The van der Waals surface area contributed by atoms with Gasteiger partial charge in [0.1, 0.15) is 0 Å². The molecule has 3 rings (SSSR count). The standard InChI is InChI=1S/C18H19NO3/c1-19-16-10-6-5-9-15(16)18(21,17(19)20)11-12-22-13-14-7-3-2-4-8-14/h2-10,21H,11-13H2,1H3. The maximum absolute atomic E-state index is 12.4. The number of nitrogens with zero attached hydrogens (tertiary/aromatic N) is 1. The molecule has 0 saturated heterocycles. The summed E-state index contributed by atoms with van der Waals surface area (Å²) in [4.78, 5) is 13.9. The summed E-state index contributed by atoms with van der Waals surface area (Å²) in [6, 6.07) is 17.2. The minimum absolute atomic E-state index is 0.250. The fourth-order valence-corrected chi connectivity index (χ4v) is 2.84. The van der Waals surface area contributed by atoms with Crippen molar-refractivity contribution >= 4 is 11.6 Å². The van der Waals surface area contributed by atoms with E-state index in [1.807, 2.05) is 48.5 Å². The summed E-state index contributed by atoms with van der Waals surface area (Å²) in [6.45, 7) is 0.794. The molecule has 4 heteroatoms. The molecule has 2 aromatic carbocycles. The van der Waals surface area contributed by atoms with Crippen molar-refractivity contribution in [2.24, 2.45) is 0 Å². The first-order valence-electron chi connectivity index (χ1n) is 7.34. The maximum atomic E-state index is 12.4. The highest BCUT2D eigenvalue weighted by atomic mass is 16.5. The molecule has 0 saturated carbocycles. The van der Waals surface area contributed by atoms with E-state index in [2.05, 4.69) is 0 Å². The molecule has 0 aromatic heterocycles. The van der Waals surface area contributed by atoms with Gasteiger partial charge in [-0.1, -0.05) is 48.5 Å². The Kier molecular flexibility index (Phi) is 3.96. The van der Waals surface area contributed by atoms with Crippen molar-refractivity contribution in [1.29, 1.82) is 0 Å². The summed E-state index contributed by atoms with van der Waals surface area (Å²) < 4.78 is 5.61. The van der Waals surface area contributed by atoms with E-state index in [1.165, 1.54) is 4.90 Å². The minimum Gasteiger partial charge on any atom is -0.377 e. The Labute approximate surface area is 130 Å². The van der Waals surface area contributed by atoms with Gasteiger partial charge in [-0.15, -0.1) is 0 Å². The number of amides is 1. The van der Waals surface area contributed by atoms with Crippen molar-refractivity contribution in [2.45, 2.75) is 18.6 Å². The van der Waals surface area contributed by atoms with Gasteiger partial charge in [-0.3, -0.25) is 4.79 Å². The monoisotopic (exact) mass is 297 g/mol. The van der Waals surface area contributed by atoms with Crippen molar-refractivity contribution in [3.63, 3.8) is 0 Å². The first-order valence-corrected chi connectivity index (χ1v) is 7.34. The van der Waals surface area contributed by atoms with E-state index in [1.54, 1.807) is 13.1 Å². The molecular formula is C18H19NO3. The van der Waals surface area contributed by atoms with Crippen molar-refractivity contribution in [3.05, 3.63) is 65.7 Å². The minimum atomic E-state index is -1.48. The van der Waals surface area contributed by atoms with Crippen molar-refractivity contribution in [2.75, 3.05) is 18.6 Å². The molecule has 22 heavy (non-hydrogen) atoms. The van der Waals surface area contributed by atoms with E-state index in [4.69, 9.17) is 4.74 Å². The van der Waals surface area contributed by atoms with Crippen LogP contribution in [0.2, 0.25) is 0 Å². The van der Waals surface area contributed by atoms with Gasteiger partial charge in [-0.05, 0) is 11.6 Å². The molecule has 1 N–H and O–H groups in total. The Balaban J connectivity index is 1.66. The third-order valence-electron chi connectivity index (χ3n) is 4.09. The first kappa shape index (κ1) is 14.8. The molecular weight excluding hydrogens is 278 g/mol. The molecule has 1 unspecified atom stereocenters. The molecule has 0 radical (unpaired) electrons. The van der Waals surface area contributed by atoms with Crippen molar-refractivity contribution < 1.29 is 14.6 Å². The molecule has 1 heterocycles. The van der Waals surface area contributed by atoms with Crippen LogP contribution < -0.4 is 4.90 Å². The number of carbonyl (C=O) groups excluding carboxylic acids is 1. The van der Waals surface area contributed by atoms with Crippen LogP contribution in [-0.4, -0.2) is 24.7 Å². The lowest BCUT2D eigenvalue weighted by molar-refractivity contribution is -0.138. The van der Waals surface area contributed by atoms with Gasteiger partial charge >= 0.3 is 0 Å². The summed E-state index contributed by atoms with van der Waals surface area (Å²) >= 11 is 0. The number of carbonyl (C=O) groups is 1. The SMILES string of the molecule is CN1C(=O)C(O)(CCOCc2ccccc2)c2ccccc21. The molecule has 0 spiro atoms. The largest absolute Gasteiger partial charge is 0.377 e. The molecule has 0 aliphatic carbocycles. The zero-order chi connectivity index (χ0) is 15.6. The van der Waals surface area contributed by atoms with Crippen LogP contribution in [0.3, 0.4) is 0 Å². The van der Waals surface area contributed by atoms with E-state index in [0.29, 0.717) is 18.8 Å². The van der Waals surface area contributed by atoms with Crippen LogP contribution in [0.1, 0.15) is 17.5 Å². The number of aliphatic hydroxyl groups is 1. The molecule has 114 valence electrons. The van der Waals surface area contributed by atoms with E-state index < -0.39 is 5.60 Å². The van der Waals surface area contributed by atoms with Gasteiger partial charge in [0.05, 0.1) is 18.9 Å². The Morgan fingerprint density at radius 2 is 1.77 bits per heavy atom.